The van der Waals surface area contributed by atoms with Crippen LogP contribution in [0.25, 0.3) is 0 Å². The second kappa shape index (κ2) is 8.80. The van der Waals surface area contributed by atoms with Gasteiger partial charge in [0.05, 0.1) is 6.04 Å². The molecule has 0 spiro atoms. The van der Waals surface area contributed by atoms with Crippen molar-refractivity contribution >= 4 is 24.1 Å². The SMILES string of the molecule is CC(NC(=O)Nc1ccccc1)c1nc(C2CNCCN2C)no1.Cl. The number of amides is 2. The average molecular weight is 367 g/mol. The third kappa shape index (κ3) is 4.91. The zero-order chi connectivity index (χ0) is 16.9. The zero-order valence-electron chi connectivity index (χ0n) is 14.2. The van der Waals surface area contributed by atoms with Crippen LogP contribution in [0.4, 0.5) is 10.5 Å². The van der Waals surface area contributed by atoms with E-state index in [0.717, 1.165) is 25.3 Å². The van der Waals surface area contributed by atoms with Crippen molar-refractivity contribution in [2.24, 2.45) is 0 Å². The van der Waals surface area contributed by atoms with Crippen LogP contribution in [0.15, 0.2) is 34.9 Å². The number of para-hydroxylation sites is 1. The van der Waals surface area contributed by atoms with E-state index < -0.39 is 0 Å². The molecule has 3 N–H and O–H groups in total. The maximum atomic E-state index is 12.0. The van der Waals surface area contributed by atoms with Gasteiger partial charge in [-0.25, -0.2) is 4.79 Å². The van der Waals surface area contributed by atoms with Crippen molar-refractivity contribution in [2.75, 3.05) is 32.0 Å². The summed E-state index contributed by atoms with van der Waals surface area (Å²) in [6.07, 6.45) is 0. The van der Waals surface area contributed by atoms with Crippen molar-refractivity contribution < 1.29 is 9.32 Å². The van der Waals surface area contributed by atoms with Gasteiger partial charge in [0.2, 0.25) is 5.89 Å². The van der Waals surface area contributed by atoms with Crippen molar-refractivity contribution in [1.29, 1.82) is 0 Å². The van der Waals surface area contributed by atoms with E-state index in [1.807, 2.05) is 44.3 Å². The molecule has 3 rings (SSSR count). The summed E-state index contributed by atoms with van der Waals surface area (Å²) in [5, 5.41) is 12.9. The summed E-state index contributed by atoms with van der Waals surface area (Å²) in [6, 6.07) is 8.64. The van der Waals surface area contributed by atoms with Crippen LogP contribution in [0.5, 0.6) is 0 Å². The van der Waals surface area contributed by atoms with Crippen LogP contribution >= 0.6 is 12.4 Å². The number of benzene rings is 1. The van der Waals surface area contributed by atoms with Crippen molar-refractivity contribution in [2.45, 2.75) is 19.0 Å². The monoisotopic (exact) mass is 366 g/mol. The van der Waals surface area contributed by atoms with Crippen LogP contribution in [0.3, 0.4) is 0 Å². The Bertz CT molecular complexity index is 680. The van der Waals surface area contributed by atoms with Crippen molar-refractivity contribution in [3.05, 3.63) is 42.0 Å². The molecule has 8 nitrogen and oxygen atoms in total. The first-order valence-corrected chi connectivity index (χ1v) is 8.00. The van der Waals surface area contributed by atoms with Crippen LogP contribution in [0.2, 0.25) is 0 Å². The van der Waals surface area contributed by atoms with Gasteiger partial charge in [-0.05, 0) is 26.1 Å². The van der Waals surface area contributed by atoms with Crippen LogP contribution in [-0.4, -0.2) is 47.8 Å². The molecule has 2 amide bonds. The zero-order valence-corrected chi connectivity index (χ0v) is 15.0. The van der Waals surface area contributed by atoms with E-state index in [2.05, 4.69) is 31.0 Å². The second-order valence-corrected chi connectivity index (χ2v) is 5.88. The van der Waals surface area contributed by atoms with E-state index in [4.69, 9.17) is 4.52 Å². The highest BCUT2D eigenvalue weighted by Gasteiger charge is 2.26. The molecule has 0 bridgehead atoms. The Balaban J connectivity index is 0.00000225. The van der Waals surface area contributed by atoms with Gasteiger partial charge in [-0.2, -0.15) is 4.98 Å². The molecule has 0 aliphatic carbocycles. The number of nitrogens with one attached hydrogen (secondary N) is 3. The Morgan fingerprint density at radius 1 is 1.40 bits per heavy atom. The van der Waals surface area contributed by atoms with Gasteiger partial charge in [0, 0.05) is 25.3 Å². The molecule has 2 aromatic rings. The fraction of sp³-hybridized carbons (Fsp3) is 0.438. The third-order valence-electron chi connectivity index (χ3n) is 4.02. The van der Waals surface area contributed by atoms with E-state index in [0.29, 0.717) is 11.7 Å². The summed E-state index contributed by atoms with van der Waals surface area (Å²) in [5.74, 6) is 1.03. The van der Waals surface area contributed by atoms with Gasteiger partial charge >= 0.3 is 6.03 Å². The molecule has 1 fully saturated rings. The summed E-state index contributed by atoms with van der Waals surface area (Å²) < 4.78 is 5.32. The molecule has 9 heteroatoms. The highest BCUT2D eigenvalue weighted by molar-refractivity contribution is 5.89. The summed E-state index contributed by atoms with van der Waals surface area (Å²) in [7, 11) is 2.04. The second-order valence-electron chi connectivity index (χ2n) is 5.88. The molecule has 136 valence electrons. The maximum Gasteiger partial charge on any atom is 0.319 e. The normalized spacial score (nSPS) is 18.9. The molecule has 25 heavy (non-hydrogen) atoms. The topological polar surface area (TPSA) is 95.3 Å². The minimum Gasteiger partial charge on any atom is -0.337 e. The summed E-state index contributed by atoms with van der Waals surface area (Å²) in [5.41, 5.74) is 0.725. The molecule has 1 aromatic heterocycles. The van der Waals surface area contributed by atoms with E-state index in [1.54, 1.807) is 0 Å². The summed E-state index contributed by atoms with van der Waals surface area (Å²) in [6.45, 7) is 4.48. The van der Waals surface area contributed by atoms with Crippen molar-refractivity contribution in [1.82, 2.24) is 25.7 Å². The molecule has 2 unspecified atom stereocenters. The van der Waals surface area contributed by atoms with E-state index in [1.165, 1.54) is 0 Å². The van der Waals surface area contributed by atoms with Crippen molar-refractivity contribution in [3.63, 3.8) is 0 Å². The number of nitrogens with zero attached hydrogens (tertiary/aromatic N) is 3. The molecule has 1 aliphatic heterocycles. The van der Waals surface area contributed by atoms with E-state index >= 15 is 0 Å². The Morgan fingerprint density at radius 2 is 2.16 bits per heavy atom. The quantitative estimate of drug-likeness (QED) is 0.765. The van der Waals surface area contributed by atoms with Gasteiger partial charge < -0.3 is 20.5 Å². The van der Waals surface area contributed by atoms with Crippen molar-refractivity contribution in [3.8, 4) is 0 Å². The number of urea groups is 1. The first-order chi connectivity index (χ1) is 11.6. The summed E-state index contributed by atoms with van der Waals surface area (Å²) >= 11 is 0. The Hall–Kier alpha value is -2.16. The Kier molecular flexibility index (Phi) is 6.74. The lowest BCUT2D eigenvalue weighted by Gasteiger charge is -2.30. The highest BCUT2D eigenvalue weighted by Crippen LogP contribution is 2.19. The number of rotatable bonds is 4. The maximum absolute atomic E-state index is 12.0. The molecular formula is C16H23ClN6O2. The van der Waals surface area contributed by atoms with Crippen LogP contribution in [0, 0.1) is 0 Å². The number of anilines is 1. The molecule has 1 saturated heterocycles. The lowest BCUT2D eigenvalue weighted by molar-refractivity contribution is 0.190. The molecule has 2 heterocycles. The Morgan fingerprint density at radius 3 is 2.88 bits per heavy atom. The van der Waals surface area contributed by atoms with Gasteiger partial charge in [0.1, 0.15) is 6.04 Å². The molecule has 0 saturated carbocycles. The average Bonchev–Trinajstić information content (AvgIpc) is 3.06. The third-order valence-corrected chi connectivity index (χ3v) is 4.02. The summed E-state index contributed by atoms with van der Waals surface area (Å²) in [4.78, 5) is 18.7. The minimum atomic E-state index is -0.378. The standard InChI is InChI=1S/C16H22N6O2.ClH/c1-11(18-16(23)19-12-6-4-3-5-7-12)15-20-14(21-24-15)13-10-17-8-9-22(13)2;/h3-7,11,13,17H,8-10H2,1-2H3,(H2,18,19,23);1H. The highest BCUT2D eigenvalue weighted by atomic mass is 35.5. The molecule has 1 aliphatic rings. The fourth-order valence-corrected chi connectivity index (χ4v) is 2.60. The molecular weight excluding hydrogens is 344 g/mol. The number of carbonyl (C=O) groups excluding carboxylic acids is 1. The number of carbonyl (C=O) groups is 1. The predicted octanol–water partition coefficient (Wildman–Crippen LogP) is 1.95. The number of halogens is 1. The lowest BCUT2D eigenvalue weighted by Crippen LogP contribution is -2.44. The van der Waals surface area contributed by atoms with Gasteiger partial charge in [-0.3, -0.25) is 4.90 Å². The smallest absolute Gasteiger partial charge is 0.319 e. The van der Waals surface area contributed by atoms with Gasteiger partial charge in [-0.1, -0.05) is 23.4 Å². The van der Waals surface area contributed by atoms with Crippen LogP contribution in [0.1, 0.15) is 30.7 Å². The van der Waals surface area contributed by atoms with E-state index in [-0.39, 0.29) is 30.5 Å². The van der Waals surface area contributed by atoms with Gasteiger partial charge in [0.25, 0.3) is 0 Å². The number of piperazine rings is 1. The van der Waals surface area contributed by atoms with E-state index in [9.17, 15) is 4.79 Å². The lowest BCUT2D eigenvalue weighted by atomic mass is 10.2. The minimum absolute atomic E-state index is 0. The Labute approximate surface area is 152 Å². The van der Waals surface area contributed by atoms with Crippen LogP contribution in [-0.2, 0) is 0 Å². The molecule has 0 radical (unpaired) electrons. The number of aromatic nitrogens is 2. The molecule has 2 atom stereocenters. The number of likely N-dealkylation sites (N-methyl/N-ethyl adjacent to an activating group) is 1. The fourth-order valence-electron chi connectivity index (χ4n) is 2.60. The first-order valence-electron chi connectivity index (χ1n) is 8.00. The van der Waals surface area contributed by atoms with Crippen LogP contribution < -0.4 is 16.0 Å². The largest absolute Gasteiger partial charge is 0.337 e. The van der Waals surface area contributed by atoms with Gasteiger partial charge in [0.15, 0.2) is 5.82 Å². The predicted molar refractivity (Wildman–Crippen MR) is 96.8 cm³/mol. The first kappa shape index (κ1) is 19.2. The number of hydrogen-bond acceptors (Lipinski definition) is 6. The van der Waals surface area contributed by atoms with Gasteiger partial charge in [-0.15, -0.1) is 12.4 Å². The molecule has 1 aromatic carbocycles. The number of hydrogen-bond donors (Lipinski definition) is 3.